The quantitative estimate of drug-likeness (QED) is 0.625. The van der Waals surface area contributed by atoms with E-state index in [4.69, 9.17) is 4.74 Å². The van der Waals surface area contributed by atoms with Gasteiger partial charge in [0.1, 0.15) is 11.5 Å². The second-order valence-electron chi connectivity index (χ2n) is 6.94. The molecule has 148 valence electrons. The van der Waals surface area contributed by atoms with Crippen LogP contribution in [0.4, 0.5) is 0 Å². The minimum atomic E-state index is -3.28. The molecule has 0 N–H and O–H groups in total. The molecular formula is C23H20O4S2. The van der Waals surface area contributed by atoms with Crippen LogP contribution in [0.1, 0.15) is 16.7 Å². The van der Waals surface area contributed by atoms with Gasteiger partial charge in [-0.15, -0.1) is 0 Å². The van der Waals surface area contributed by atoms with Crippen LogP contribution < -0.4 is 4.74 Å². The molecule has 0 aliphatic carbocycles. The standard InChI is InChI=1S/C23H20O4S2/c1-28(24)22-10-6-4-8-19(22)20-15-17-7-3-5-9-21(17)27-23(20)16-11-13-18(14-12-16)29(2,25)26/h3-14H,15H2,1-2H3. The number of hydrogen-bond acceptors (Lipinski definition) is 4. The van der Waals surface area contributed by atoms with Crippen LogP contribution in [0.5, 0.6) is 5.75 Å². The van der Waals surface area contributed by atoms with Gasteiger partial charge in [-0.05, 0) is 47.5 Å². The third-order valence-corrected chi connectivity index (χ3v) is 7.00. The molecule has 1 atom stereocenters. The molecule has 1 heterocycles. The van der Waals surface area contributed by atoms with Gasteiger partial charge in [0.25, 0.3) is 0 Å². The first-order valence-electron chi connectivity index (χ1n) is 9.07. The number of hydrogen-bond donors (Lipinski definition) is 0. The van der Waals surface area contributed by atoms with E-state index in [1.54, 1.807) is 30.5 Å². The minimum absolute atomic E-state index is 0.259. The lowest BCUT2D eigenvalue weighted by Crippen LogP contribution is -2.11. The molecule has 0 amide bonds. The van der Waals surface area contributed by atoms with E-state index < -0.39 is 20.6 Å². The van der Waals surface area contributed by atoms with Crippen LogP contribution in [-0.4, -0.2) is 25.1 Å². The van der Waals surface area contributed by atoms with Crippen LogP contribution in [-0.2, 0) is 27.1 Å². The van der Waals surface area contributed by atoms with Crippen molar-refractivity contribution in [3.63, 3.8) is 0 Å². The van der Waals surface area contributed by atoms with Crippen molar-refractivity contribution >= 4 is 32.0 Å². The highest BCUT2D eigenvalue weighted by Crippen LogP contribution is 2.40. The SMILES string of the molecule is CS(=O)c1ccccc1C1=C(c2ccc(S(C)(=O)=O)cc2)Oc2ccccc2C1. The fraction of sp³-hybridized carbons (Fsp3) is 0.130. The van der Waals surface area contributed by atoms with E-state index in [2.05, 4.69) is 0 Å². The van der Waals surface area contributed by atoms with Gasteiger partial charge in [-0.25, -0.2) is 8.42 Å². The maximum absolute atomic E-state index is 12.3. The van der Waals surface area contributed by atoms with Gasteiger partial charge in [-0.1, -0.05) is 36.4 Å². The van der Waals surface area contributed by atoms with Gasteiger partial charge in [-0.3, -0.25) is 4.21 Å². The maximum Gasteiger partial charge on any atom is 0.175 e. The number of rotatable bonds is 4. The van der Waals surface area contributed by atoms with Crippen LogP contribution in [0.2, 0.25) is 0 Å². The summed E-state index contributed by atoms with van der Waals surface area (Å²) in [5.41, 5.74) is 3.64. The monoisotopic (exact) mass is 424 g/mol. The molecule has 4 nitrogen and oxygen atoms in total. The van der Waals surface area contributed by atoms with Crippen LogP contribution in [0.15, 0.2) is 82.6 Å². The van der Waals surface area contributed by atoms with Crippen LogP contribution in [0.3, 0.4) is 0 Å². The molecule has 0 radical (unpaired) electrons. The first kappa shape index (κ1) is 19.6. The summed E-state index contributed by atoms with van der Waals surface area (Å²) in [5.74, 6) is 1.43. The Hall–Kier alpha value is -2.70. The minimum Gasteiger partial charge on any atom is -0.456 e. The Morgan fingerprint density at radius 1 is 0.897 bits per heavy atom. The van der Waals surface area contributed by atoms with Crippen molar-refractivity contribution in [1.29, 1.82) is 0 Å². The average molecular weight is 425 g/mol. The zero-order chi connectivity index (χ0) is 20.6. The van der Waals surface area contributed by atoms with Gasteiger partial charge in [0, 0.05) is 35.0 Å². The third kappa shape index (κ3) is 3.91. The summed E-state index contributed by atoms with van der Waals surface area (Å²) in [6, 6.07) is 22.1. The van der Waals surface area contributed by atoms with E-state index in [0.717, 1.165) is 32.9 Å². The summed E-state index contributed by atoms with van der Waals surface area (Å²) in [6.07, 6.45) is 3.48. The summed E-state index contributed by atoms with van der Waals surface area (Å²) < 4.78 is 42.2. The average Bonchev–Trinajstić information content (AvgIpc) is 2.72. The van der Waals surface area contributed by atoms with Crippen molar-refractivity contribution in [2.75, 3.05) is 12.5 Å². The normalized spacial score (nSPS) is 14.8. The molecular weight excluding hydrogens is 404 g/mol. The van der Waals surface area contributed by atoms with Gasteiger partial charge in [0.2, 0.25) is 0 Å². The Kier molecular flexibility index (Phi) is 5.15. The van der Waals surface area contributed by atoms with Gasteiger partial charge in [0.05, 0.1) is 15.7 Å². The van der Waals surface area contributed by atoms with Crippen molar-refractivity contribution in [2.24, 2.45) is 0 Å². The molecule has 0 saturated carbocycles. The lowest BCUT2D eigenvalue weighted by Gasteiger charge is -2.25. The first-order valence-corrected chi connectivity index (χ1v) is 12.5. The topological polar surface area (TPSA) is 60.4 Å². The van der Waals surface area contributed by atoms with Gasteiger partial charge in [-0.2, -0.15) is 0 Å². The molecule has 0 spiro atoms. The van der Waals surface area contributed by atoms with Gasteiger partial charge in [0.15, 0.2) is 9.84 Å². The molecule has 0 saturated heterocycles. The maximum atomic E-state index is 12.3. The first-order chi connectivity index (χ1) is 13.8. The molecule has 1 aliphatic rings. The van der Waals surface area contributed by atoms with E-state index in [0.29, 0.717) is 12.2 Å². The summed E-state index contributed by atoms with van der Waals surface area (Å²) in [5, 5.41) is 0. The van der Waals surface area contributed by atoms with E-state index in [9.17, 15) is 12.6 Å². The summed E-state index contributed by atoms with van der Waals surface area (Å²) in [4.78, 5) is 1.01. The van der Waals surface area contributed by atoms with Crippen LogP contribution >= 0.6 is 0 Å². The van der Waals surface area contributed by atoms with Crippen LogP contribution in [0, 0.1) is 0 Å². The second-order valence-corrected chi connectivity index (χ2v) is 10.3. The Morgan fingerprint density at radius 3 is 2.24 bits per heavy atom. The molecule has 3 aromatic rings. The molecule has 0 bridgehead atoms. The Balaban J connectivity index is 1.92. The number of allylic oxidation sites excluding steroid dienone is 1. The number of ether oxygens (including phenoxy) is 1. The van der Waals surface area contributed by atoms with Crippen molar-refractivity contribution < 1.29 is 17.4 Å². The number of benzene rings is 3. The van der Waals surface area contributed by atoms with E-state index in [1.165, 1.54) is 6.26 Å². The molecule has 0 fully saturated rings. The number of para-hydroxylation sites is 1. The van der Waals surface area contributed by atoms with Gasteiger partial charge >= 0.3 is 0 Å². The Labute approximate surface area is 173 Å². The summed E-state index contributed by atoms with van der Waals surface area (Å²) >= 11 is 0. The molecule has 3 aromatic carbocycles. The van der Waals surface area contributed by atoms with Crippen molar-refractivity contribution in [3.05, 3.63) is 89.5 Å². The van der Waals surface area contributed by atoms with Crippen LogP contribution in [0.25, 0.3) is 11.3 Å². The zero-order valence-electron chi connectivity index (χ0n) is 16.1. The second kappa shape index (κ2) is 7.61. The fourth-order valence-corrected chi connectivity index (χ4v) is 4.86. The number of sulfone groups is 1. The lowest BCUT2D eigenvalue weighted by atomic mass is 9.92. The zero-order valence-corrected chi connectivity index (χ0v) is 17.7. The predicted octanol–water partition coefficient (Wildman–Crippen LogP) is 4.33. The molecule has 1 aliphatic heterocycles. The lowest BCUT2D eigenvalue weighted by molar-refractivity contribution is 0.502. The molecule has 4 rings (SSSR count). The molecule has 6 heteroatoms. The van der Waals surface area contributed by atoms with E-state index in [1.807, 2.05) is 48.5 Å². The molecule has 1 unspecified atom stereocenters. The predicted molar refractivity (Wildman–Crippen MR) is 116 cm³/mol. The van der Waals surface area contributed by atoms with E-state index >= 15 is 0 Å². The molecule has 29 heavy (non-hydrogen) atoms. The highest BCUT2D eigenvalue weighted by atomic mass is 32.2. The molecule has 0 aromatic heterocycles. The fourth-order valence-electron chi connectivity index (χ4n) is 3.46. The third-order valence-electron chi connectivity index (χ3n) is 4.89. The Morgan fingerprint density at radius 2 is 1.55 bits per heavy atom. The van der Waals surface area contributed by atoms with Gasteiger partial charge < -0.3 is 4.74 Å². The Bertz CT molecular complexity index is 1240. The number of fused-ring (bicyclic) bond motifs is 1. The highest BCUT2D eigenvalue weighted by molar-refractivity contribution is 7.90. The largest absolute Gasteiger partial charge is 0.456 e. The van der Waals surface area contributed by atoms with Crippen molar-refractivity contribution in [3.8, 4) is 5.75 Å². The highest BCUT2D eigenvalue weighted by Gasteiger charge is 2.24. The van der Waals surface area contributed by atoms with E-state index in [-0.39, 0.29) is 4.90 Å². The van der Waals surface area contributed by atoms with Crippen molar-refractivity contribution in [1.82, 2.24) is 0 Å². The summed E-state index contributed by atoms with van der Waals surface area (Å²) in [6.45, 7) is 0. The van der Waals surface area contributed by atoms with Crippen molar-refractivity contribution in [2.45, 2.75) is 16.2 Å². The summed E-state index contributed by atoms with van der Waals surface area (Å²) in [7, 11) is -4.44. The smallest absolute Gasteiger partial charge is 0.175 e.